The number of rotatable bonds is 7. The van der Waals surface area contributed by atoms with E-state index in [-0.39, 0.29) is 23.8 Å². The van der Waals surface area contributed by atoms with Crippen LogP contribution in [0.25, 0.3) is 32.8 Å². The summed E-state index contributed by atoms with van der Waals surface area (Å²) < 4.78 is 40.5. The molecule has 5 rings (SSSR count). The molecule has 4 aromatic rings. The first kappa shape index (κ1) is 23.6. The van der Waals surface area contributed by atoms with E-state index in [1.807, 2.05) is 25.4 Å². The van der Waals surface area contributed by atoms with E-state index < -0.39 is 10.0 Å². The zero-order valence-corrected chi connectivity index (χ0v) is 20.1. The van der Waals surface area contributed by atoms with E-state index in [2.05, 4.69) is 14.8 Å². The molecule has 0 aliphatic carbocycles. The Morgan fingerprint density at radius 3 is 2.71 bits per heavy atom. The molecule has 0 radical (unpaired) electrons. The number of hydrogen-bond donors (Lipinski definition) is 1. The van der Waals surface area contributed by atoms with Crippen molar-refractivity contribution in [2.24, 2.45) is 7.05 Å². The van der Waals surface area contributed by atoms with Gasteiger partial charge in [-0.3, -0.25) is 14.5 Å². The first-order chi connectivity index (χ1) is 16.9. The molecule has 0 amide bonds. The molecule has 1 aliphatic heterocycles. The van der Waals surface area contributed by atoms with Crippen LogP contribution in [-0.2, 0) is 32.3 Å². The third-order valence-corrected chi connectivity index (χ3v) is 7.37. The van der Waals surface area contributed by atoms with Crippen molar-refractivity contribution < 1.29 is 17.9 Å². The fourth-order valence-corrected chi connectivity index (χ4v) is 5.37. The Labute approximate surface area is 202 Å². The second kappa shape index (κ2) is 9.82. The fraction of sp³-hybridized carbons (Fsp3) is 0.320. The third kappa shape index (κ3) is 5.40. The Morgan fingerprint density at radius 2 is 1.94 bits per heavy atom. The summed E-state index contributed by atoms with van der Waals surface area (Å²) in [4.78, 5) is 18.0. The van der Waals surface area contributed by atoms with Crippen molar-refractivity contribution in [3.63, 3.8) is 0 Å². The highest BCUT2D eigenvalue weighted by Gasteiger charge is 2.17. The summed E-state index contributed by atoms with van der Waals surface area (Å²) in [6, 6.07) is 10.6. The fourth-order valence-electron chi connectivity index (χ4n) is 4.22. The van der Waals surface area contributed by atoms with Gasteiger partial charge in [0.15, 0.2) is 5.43 Å². The Bertz CT molecular complexity index is 1550. The lowest BCUT2D eigenvalue weighted by atomic mass is 10.1. The molecule has 0 spiro atoms. The molecule has 1 unspecified atom stereocenters. The number of benzene rings is 1. The van der Waals surface area contributed by atoms with Crippen LogP contribution < -0.4 is 10.2 Å². The minimum Gasteiger partial charge on any atom is -0.376 e. The molecule has 35 heavy (non-hydrogen) atoms. The highest BCUT2D eigenvalue weighted by Crippen LogP contribution is 2.22. The molecule has 9 nitrogen and oxygen atoms in total. The van der Waals surface area contributed by atoms with E-state index in [1.54, 1.807) is 41.3 Å². The number of pyridine rings is 1. The molecule has 1 fully saturated rings. The Morgan fingerprint density at radius 1 is 1.09 bits per heavy atom. The maximum Gasteiger partial charge on any atom is 0.215 e. The lowest BCUT2D eigenvalue weighted by Crippen LogP contribution is -2.34. The van der Waals surface area contributed by atoms with E-state index in [4.69, 9.17) is 9.47 Å². The number of hydrogen-bond acceptors (Lipinski definition) is 7. The zero-order valence-electron chi connectivity index (χ0n) is 19.3. The van der Waals surface area contributed by atoms with Gasteiger partial charge in [-0.15, -0.1) is 0 Å². The van der Waals surface area contributed by atoms with E-state index in [0.29, 0.717) is 48.1 Å². The molecule has 0 saturated carbocycles. The van der Waals surface area contributed by atoms with Gasteiger partial charge < -0.3 is 9.47 Å². The predicted molar refractivity (Wildman–Crippen MR) is 134 cm³/mol. The van der Waals surface area contributed by atoms with Gasteiger partial charge in [0.25, 0.3) is 0 Å². The topological polar surface area (TPSA) is 112 Å². The number of aromatic nitrogens is 3. The van der Waals surface area contributed by atoms with Gasteiger partial charge in [0.1, 0.15) is 0 Å². The number of ether oxygens (including phenoxy) is 2. The van der Waals surface area contributed by atoms with Gasteiger partial charge in [-0.25, -0.2) is 13.1 Å². The smallest absolute Gasteiger partial charge is 0.215 e. The van der Waals surface area contributed by atoms with Gasteiger partial charge in [0.05, 0.1) is 43.4 Å². The Kier molecular flexibility index (Phi) is 6.61. The van der Waals surface area contributed by atoms with Crippen molar-refractivity contribution in [1.82, 2.24) is 19.5 Å². The van der Waals surface area contributed by atoms with Gasteiger partial charge in [-0.2, -0.15) is 5.10 Å². The minimum atomic E-state index is -3.59. The van der Waals surface area contributed by atoms with Crippen LogP contribution in [0.1, 0.15) is 12.0 Å². The molecule has 10 heteroatoms. The van der Waals surface area contributed by atoms with Crippen molar-refractivity contribution in [3.8, 4) is 11.1 Å². The van der Waals surface area contributed by atoms with E-state index in [1.165, 1.54) is 0 Å². The van der Waals surface area contributed by atoms with Gasteiger partial charge >= 0.3 is 0 Å². The average molecular weight is 495 g/mol. The van der Waals surface area contributed by atoms with Gasteiger partial charge in [0.2, 0.25) is 10.0 Å². The summed E-state index contributed by atoms with van der Waals surface area (Å²) in [5.41, 5.74) is 2.57. The highest BCUT2D eigenvalue weighted by molar-refractivity contribution is 7.88. The normalized spacial score (nSPS) is 16.7. The second-order valence-corrected chi connectivity index (χ2v) is 10.5. The molecule has 3 heterocycles. The molecule has 0 bridgehead atoms. The summed E-state index contributed by atoms with van der Waals surface area (Å²) in [5, 5.41) is 5.82. The monoisotopic (exact) mass is 494 g/mol. The van der Waals surface area contributed by atoms with E-state index >= 15 is 0 Å². The molecule has 1 N–H and O–H groups in total. The van der Waals surface area contributed by atoms with Crippen LogP contribution in [0.15, 0.2) is 59.8 Å². The number of fused-ring (bicyclic) bond motifs is 2. The van der Waals surface area contributed by atoms with Gasteiger partial charge in [-0.05, 0) is 35.6 Å². The molecule has 1 saturated heterocycles. The molecule has 182 valence electrons. The van der Waals surface area contributed by atoms with Gasteiger partial charge in [-0.1, -0.05) is 18.2 Å². The SMILES string of the molecule is Cn1cc(-c2cnc3ccc4ccc(CS(=O)(=O)NCCC5COCCO5)cc4c(=O)c3c2)cn1. The summed E-state index contributed by atoms with van der Waals surface area (Å²) in [7, 11) is -1.76. The summed E-state index contributed by atoms with van der Waals surface area (Å²) in [5.74, 6) is -0.222. The van der Waals surface area contributed by atoms with Crippen LogP contribution in [0.3, 0.4) is 0 Å². The molecular formula is C25H26N4O5S. The largest absolute Gasteiger partial charge is 0.376 e. The molecule has 1 atom stereocenters. The summed E-state index contributed by atoms with van der Waals surface area (Å²) in [6.45, 7) is 1.83. The van der Waals surface area contributed by atoms with Crippen molar-refractivity contribution in [1.29, 1.82) is 0 Å². The summed E-state index contributed by atoms with van der Waals surface area (Å²) >= 11 is 0. The van der Waals surface area contributed by atoms with Crippen LogP contribution in [0, 0.1) is 0 Å². The second-order valence-electron chi connectivity index (χ2n) is 8.65. The van der Waals surface area contributed by atoms with Crippen LogP contribution in [0.2, 0.25) is 0 Å². The maximum atomic E-state index is 13.5. The zero-order chi connectivity index (χ0) is 24.4. The molecule has 2 aromatic heterocycles. The average Bonchev–Trinajstić information content (AvgIpc) is 3.23. The third-order valence-electron chi connectivity index (χ3n) is 6.01. The van der Waals surface area contributed by atoms with E-state index in [9.17, 15) is 13.2 Å². The van der Waals surface area contributed by atoms with Crippen LogP contribution >= 0.6 is 0 Å². The number of sulfonamides is 1. The number of nitrogens with one attached hydrogen (secondary N) is 1. The van der Waals surface area contributed by atoms with Crippen molar-refractivity contribution >= 4 is 31.7 Å². The number of aryl methyl sites for hydroxylation is 1. The highest BCUT2D eigenvalue weighted by atomic mass is 32.2. The quantitative estimate of drug-likeness (QED) is 0.420. The van der Waals surface area contributed by atoms with Crippen molar-refractivity contribution in [2.45, 2.75) is 18.3 Å². The van der Waals surface area contributed by atoms with Gasteiger partial charge in [0, 0.05) is 47.9 Å². The van der Waals surface area contributed by atoms with E-state index in [0.717, 1.165) is 16.5 Å². The minimum absolute atomic E-state index is 0.103. The van der Waals surface area contributed by atoms with Crippen molar-refractivity contribution in [3.05, 3.63) is 70.8 Å². The first-order valence-corrected chi connectivity index (χ1v) is 13.0. The molecule has 2 aromatic carbocycles. The maximum absolute atomic E-state index is 13.5. The Balaban J connectivity index is 1.42. The lowest BCUT2D eigenvalue weighted by Gasteiger charge is -2.22. The predicted octanol–water partition coefficient (Wildman–Crippen LogP) is 2.37. The van der Waals surface area contributed by atoms with Crippen LogP contribution in [-0.4, -0.2) is 55.7 Å². The van der Waals surface area contributed by atoms with Crippen LogP contribution in [0.5, 0.6) is 0 Å². The Hall–Kier alpha value is -3.18. The molecule has 1 aliphatic rings. The lowest BCUT2D eigenvalue weighted by molar-refractivity contribution is -0.0898. The first-order valence-electron chi connectivity index (χ1n) is 11.4. The molecular weight excluding hydrogens is 468 g/mol. The van der Waals surface area contributed by atoms with Crippen molar-refractivity contribution in [2.75, 3.05) is 26.4 Å². The standard InChI is InChI=1S/C25H26N4O5S/c1-29-14-20(13-27-29)19-11-23-24(26-12-19)5-4-18-3-2-17(10-22(18)25(23)30)16-35(31,32)28-7-6-21-15-33-8-9-34-21/h2-5,10-14,21,28H,6-9,15-16H2,1H3. The number of nitrogens with zero attached hydrogens (tertiary/aromatic N) is 3. The summed E-state index contributed by atoms with van der Waals surface area (Å²) in [6.07, 6.45) is 5.73. The van der Waals surface area contributed by atoms with Crippen LogP contribution in [0.4, 0.5) is 0 Å².